The van der Waals surface area contributed by atoms with Crippen LogP contribution in [0.2, 0.25) is 0 Å². The van der Waals surface area contributed by atoms with Gasteiger partial charge in [0.2, 0.25) is 5.91 Å². The van der Waals surface area contributed by atoms with Gasteiger partial charge in [-0.15, -0.1) is 11.8 Å². The largest absolute Gasteiger partial charge is 0.491 e. The van der Waals surface area contributed by atoms with E-state index in [1.165, 1.54) is 17.8 Å². The molecule has 6 heteroatoms. The van der Waals surface area contributed by atoms with E-state index in [0.717, 1.165) is 11.3 Å². The number of carbonyl (C=O) groups excluding carboxylic acids is 1. The molecule has 0 spiro atoms. The first-order chi connectivity index (χ1) is 12.2. The Labute approximate surface area is 151 Å². The number of nitrogens with one attached hydrogen (secondary N) is 1. The first-order valence-corrected chi connectivity index (χ1v) is 9.02. The van der Waals surface area contributed by atoms with Gasteiger partial charge in [0.05, 0.1) is 6.61 Å². The molecule has 0 fully saturated rings. The summed E-state index contributed by atoms with van der Waals surface area (Å²) >= 11 is 1.34. The number of ether oxygens (including phenoxy) is 2. The molecule has 0 aliphatic carbocycles. The Kier molecular flexibility index (Phi) is 8.28. The number of hydrogen-bond donors (Lipinski definition) is 1. The predicted octanol–water partition coefficient (Wildman–Crippen LogP) is 3.65. The Balaban J connectivity index is 1.71. The van der Waals surface area contributed by atoms with Gasteiger partial charge in [0.25, 0.3) is 0 Å². The summed E-state index contributed by atoms with van der Waals surface area (Å²) in [6.07, 6.45) is 0.336. The van der Waals surface area contributed by atoms with Crippen LogP contribution < -0.4 is 10.1 Å². The molecule has 0 aliphatic heterocycles. The Hall–Kier alpha value is -2.05. The Morgan fingerprint density at radius 1 is 1.16 bits per heavy atom. The van der Waals surface area contributed by atoms with E-state index in [1.807, 2.05) is 24.3 Å². The number of hydrogen-bond acceptors (Lipinski definition) is 4. The average molecular weight is 363 g/mol. The van der Waals surface area contributed by atoms with Crippen LogP contribution in [0.25, 0.3) is 0 Å². The third-order valence-electron chi connectivity index (χ3n) is 3.37. The minimum Gasteiger partial charge on any atom is -0.491 e. The summed E-state index contributed by atoms with van der Waals surface area (Å²) in [5, 5.41) is 2.87. The SMILES string of the molecule is COCCOc1cccc(CNC(=O)CCSc2ccccc2F)c1. The summed E-state index contributed by atoms with van der Waals surface area (Å²) in [5.74, 6) is 0.971. The molecule has 134 valence electrons. The molecule has 0 heterocycles. The molecule has 0 saturated carbocycles. The number of thioether (sulfide) groups is 1. The summed E-state index contributed by atoms with van der Waals surface area (Å²) < 4.78 is 24.0. The molecule has 2 aromatic rings. The van der Waals surface area contributed by atoms with Crippen molar-refractivity contribution in [3.05, 3.63) is 59.9 Å². The third kappa shape index (κ3) is 7.15. The lowest BCUT2D eigenvalue weighted by Crippen LogP contribution is -2.23. The number of carbonyl (C=O) groups is 1. The minimum absolute atomic E-state index is 0.0606. The van der Waals surface area contributed by atoms with E-state index in [-0.39, 0.29) is 11.7 Å². The van der Waals surface area contributed by atoms with Gasteiger partial charge in [0, 0.05) is 30.7 Å². The van der Waals surface area contributed by atoms with Gasteiger partial charge in [-0.3, -0.25) is 4.79 Å². The zero-order chi connectivity index (χ0) is 17.9. The number of methoxy groups -OCH3 is 1. The zero-order valence-electron chi connectivity index (χ0n) is 14.2. The molecule has 0 unspecified atom stereocenters. The van der Waals surface area contributed by atoms with E-state index in [1.54, 1.807) is 25.3 Å². The fourth-order valence-corrected chi connectivity index (χ4v) is 2.98. The second-order valence-corrected chi connectivity index (χ2v) is 6.43. The monoisotopic (exact) mass is 363 g/mol. The Bertz CT molecular complexity index is 681. The van der Waals surface area contributed by atoms with Crippen LogP contribution in [0.1, 0.15) is 12.0 Å². The van der Waals surface area contributed by atoms with Crippen molar-refractivity contribution in [1.29, 1.82) is 0 Å². The average Bonchev–Trinajstić information content (AvgIpc) is 2.62. The van der Waals surface area contributed by atoms with Gasteiger partial charge in [-0.05, 0) is 29.8 Å². The topological polar surface area (TPSA) is 47.6 Å². The second-order valence-electron chi connectivity index (χ2n) is 5.29. The van der Waals surface area contributed by atoms with Gasteiger partial charge in [-0.25, -0.2) is 4.39 Å². The van der Waals surface area contributed by atoms with Gasteiger partial charge in [0.1, 0.15) is 18.2 Å². The summed E-state index contributed by atoms with van der Waals surface area (Å²) in [7, 11) is 1.62. The molecule has 0 aliphatic rings. The molecule has 0 saturated heterocycles. The third-order valence-corrected chi connectivity index (χ3v) is 4.42. The van der Waals surface area contributed by atoms with E-state index in [4.69, 9.17) is 9.47 Å². The predicted molar refractivity (Wildman–Crippen MR) is 97.4 cm³/mol. The summed E-state index contributed by atoms with van der Waals surface area (Å²) in [6.45, 7) is 1.45. The number of rotatable bonds is 10. The van der Waals surface area contributed by atoms with Gasteiger partial charge in [-0.2, -0.15) is 0 Å². The van der Waals surface area contributed by atoms with E-state index in [2.05, 4.69) is 5.32 Å². The molecule has 0 aromatic heterocycles. The van der Waals surface area contributed by atoms with Crippen LogP contribution >= 0.6 is 11.8 Å². The summed E-state index contributed by atoms with van der Waals surface area (Å²) in [6, 6.07) is 14.1. The molecule has 0 radical (unpaired) electrons. The first-order valence-electron chi connectivity index (χ1n) is 8.04. The maximum atomic E-state index is 13.5. The highest BCUT2D eigenvalue weighted by atomic mass is 32.2. The van der Waals surface area contributed by atoms with Gasteiger partial charge in [-0.1, -0.05) is 24.3 Å². The molecule has 0 atom stereocenters. The maximum Gasteiger partial charge on any atom is 0.221 e. The Morgan fingerprint density at radius 3 is 2.80 bits per heavy atom. The zero-order valence-corrected chi connectivity index (χ0v) is 15.0. The highest BCUT2D eigenvalue weighted by Crippen LogP contribution is 2.21. The molecular weight excluding hydrogens is 341 g/mol. The molecule has 0 bridgehead atoms. The fourth-order valence-electron chi connectivity index (χ4n) is 2.09. The number of halogens is 1. The highest BCUT2D eigenvalue weighted by Gasteiger charge is 2.05. The van der Waals surface area contributed by atoms with Gasteiger partial charge >= 0.3 is 0 Å². The van der Waals surface area contributed by atoms with Gasteiger partial charge in [0.15, 0.2) is 0 Å². The first kappa shape index (κ1) is 19.3. The van der Waals surface area contributed by atoms with Crippen LogP contribution in [0.5, 0.6) is 5.75 Å². The molecule has 1 amide bonds. The van der Waals surface area contributed by atoms with Crippen LogP contribution in [0.4, 0.5) is 4.39 Å². The quantitative estimate of drug-likeness (QED) is 0.517. The Morgan fingerprint density at radius 2 is 2.00 bits per heavy atom. The second kappa shape index (κ2) is 10.7. The van der Waals surface area contributed by atoms with Crippen molar-refractivity contribution >= 4 is 17.7 Å². The standard InChI is InChI=1S/C19H22FNO3S/c1-23-10-11-24-16-6-4-5-15(13-16)14-21-19(22)9-12-25-18-8-3-2-7-17(18)20/h2-8,13H,9-12,14H2,1H3,(H,21,22). The fraction of sp³-hybridized carbons (Fsp3) is 0.316. The van der Waals surface area contributed by atoms with E-state index < -0.39 is 0 Å². The van der Waals surface area contributed by atoms with Crippen molar-refractivity contribution in [2.75, 3.05) is 26.1 Å². The smallest absolute Gasteiger partial charge is 0.221 e. The van der Waals surface area contributed by atoms with Crippen LogP contribution in [-0.2, 0) is 16.1 Å². The van der Waals surface area contributed by atoms with Crippen molar-refractivity contribution in [3.8, 4) is 5.75 Å². The molecule has 2 rings (SSSR count). The molecule has 25 heavy (non-hydrogen) atoms. The lowest BCUT2D eigenvalue weighted by atomic mass is 10.2. The highest BCUT2D eigenvalue weighted by molar-refractivity contribution is 7.99. The van der Waals surface area contributed by atoms with E-state index >= 15 is 0 Å². The van der Waals surface area contributed by atoms with Crippen LogP contribution in [0.3, 0.4) is 0 Å². The van der Waals surface area contributed by atoms with Crippen molar-refractivity contribution in [2.24, 2.45) is 0 Å². The molecule has 4 nitrogen and oxygen atoms in total. The molecular formula is C19H22FNO3S. The van der Waals surface area contributed by atoms with Crippen LogP contribution in [0.15, 0.2) is 53.4 Å². The number of amides is 1. The molecule has 2 aromatic carbocycles. The lowest BCUT2D eigenvalue weighted by Gasteiger charge is -2.09. The van der Waals surface area contributed by atoms with Crippen molar-refractivity contribution in [1.82, 2.24) is 5.32 Å². The van der Waals surface area contributed by atoms with Crippen LogP contribution in [-0.4, -0.2) is 32.0 Å². The van der Waals surface area contributed by atoms with Crippen LogP contribution in [0, 0.1) is 5.82 Å². The number of benzene rings is 2. The minimum atomic E-state index is -0.252. The van der Waals surface area contributed by atoms with Crippen molar-refractivity contribution in [2.45, 2.75) is 17.9 Å². The van der Waals surface area contributed by atoms with Crippen molar-refractivity contribution < 1.29 is 18.7 Å². The molecule has 1 N–H and O–H groups in total. The maximum absolute atomic E-state index is 13.5. The van der Waals surface area contributed by atoms with Crippen molar-refractivity contribution in [3.63, 3.8) is 0 Å². The lowest BCUT2D eigenvalue weighted by molar-refractivity contribution is -0.120. The normalized spacial score (nSPS) is 10.5. The summed E-state index contributed by atoms with van der Waals surface area (Å²) in [4.78, 5) is 12.5. The summed E-state index contributed by atoms with van der Waals surface area (Å²) in [5.41, 5.74) is 0.963. The van der Waals surface area contributed by atoms with Gasteiger partial charge < -0.3 is 14.8 Å². The van der Waals surface area contributed by atoms with E-state index in [9.17, 15) is 9.18 Å². The van der Waals surface area contributed by atoms with E-state index in [0.29, 0.717) is 36.8 Å².